The average molecular weight is 411 g/mol. The first-order chi connectivity index (χ1) is 9.08. The van der Waals surface area contributed by atoms with Crippen LogP contribution in [0.2, 0.25) is 0 Å². The van der Waals surface area contributed by atoms with Crippen LogP contribution < -0.4 is 10.6 Å². The van der Waals surface area contributed by atoms with E-state index in [1.165, 1.54) is 0 Å². The maximum atomic E-state index is 13.5. The number of hydrogen-bond donors (Lipinski definition) is 2. The summed E-state index contributed by atoms with van der Waals surface area (Å²) in [6, 6.07) is 5.32. The summed E-state index contributed by atoms with van der Waals surface area (Å²) < 4.78 is 13.5. The van der Waals surface area contributed by atoms with E-state index in [9.17, 15) is 4.39 Å². The minimum Gasteiger partial charge on any atom is -0.356 e. The van der Waals surface area contributed by atoms with Gasteiger partial charge in [-0.3, -0.25) is 4.99 Å². The van der Waals surface area contributed by atoms with Gasteiger partial charge in [0, 0.05) is 19.3 Å². The summed E-state index contributed by atoms with van der Waals surface area (Å²) in [5.41, 5.74) is 1.58. The van der Waals surface area contributed by atoms with E-state index >= 15 is 0 Å². The Kier molecular flexibility index (Phi) is 10.0. The van der Waals surface area contributed by atoms with E-state index in [0.717, 1.165) is 23.8 Å². The molecule has 0 heterocycles. The second-order valence-electron chi connectivity index (χ2n) is 4.37. The van der Waals surface area contributed by atoms with Gasteiger partial charge < -0.3 is 10.6 Å². The highest BCUT2D eigenvalue weighted by molar-refractivity contribution is 14.0. The van der Waals surface area contributed by atoms with Gasteiger partial charge in [0.25, 0.3) is 0 Å². The summed E-state index contributed by atoms with van der Waals surface area (Å²) in [7, 11) is 1.73. The maximum absolute atomic E-state index is 13.5. The molecule has 1 unspecified atom stereocenters. The highest BCUT2D eigenvalue weighted by Crippen LogP contribution is 2.16. The van der Waals surface area contributed by atoms with Crippen LogP contribution in [0.15, 0.2) is 23.2 Å². The molecule has 2 N–H and O–H groups in total. The Morgan fingerprint density at radius 2 is 2.15 bits per heavy atom. The van der Waals surface area contributed by atoms with Gasteiger partial charge >= 0.3 is 0 Å². The van der Waals surface area contributed by atoms with Gasteiger partial charge in [0.05, 0.1) is 6.04 Å². The molecule has 6 heteroatoms. The number of hydrogen-bond acceptors (Lipinski definition) is 2. The van der Waals surface area contributed by atoms with Crippen LogP contribution in [0, 0.1) is 12.7 Å². The Labute approximate surface area is 142 Å². The molecule has 1 atom stereocenters. The molecule has 0 fully saturated rings. The van der Waals surface area contributed by atoms with Crippen LogP contribution in [0.4, 0.5) is 4.39 Å². The van der Waals surface area contributed by atoms with Crippen molar-refractivity contribution in [3.05, 3.63) is 35.1 Å². The molecule has 0 saturated carbocycles. The van der Waals surface area contributed by atoms with Crippen LogP contribution >= 0.6 is 35.7 Å². The van der Waals surface area contributed by atoms with Crippen molar-refractivity contribution in [1.29, 1.82) is 0 Å². The van der Waals surface area contributed by atoms with Crippen molar-refractivity contribution >= 4 is 41.7 Å². The number of nitrogens with one attached hydrogen (secondary N) is 2. The van der Waals surface area contributed by atoms with Crippen molar-refractivity contribution in [3.63, 3.8) is 0 Å². The molecule has 0 bridgehead atoms. The molecule has 114 valence electrons. The summed E-state index contributed by atoms with van der Waals surface area (Å²) in [4.78, 5) is 4.16. The molecule has 0 spiro atoms. The Bertz CT molecular complexity index is 440. The lowest BCUT2D eigenvalue weighted by atomic mass is 10.1. The number of aliphatic imine (C=N–C) groups is 1. The molecule has 0 aliphatic carbocycles. The maximum Gasteiger partial charge on any atom is 0.191 e. The van der Waals surface area contributed by atoms with Gasteiger partial charge in [-0.05, 0) is 37.3 Å². The monoisotopic (exact) mass is 411 g/mol. The van der Waals surface area contributed by atoms with Crippen molar-refractivity contribution in [2.75, 3.05) is 25.6 Å². The van der Waals surface area contributed by atoms with Gasteiger partial charge in [-0.2, -0.15) is 11.8 Å². The van der Waals surface area contributed by atoms with Crippen LogP contribution in [0.25, 0.3) is 0 Å². The molecule has 20 heavy (non-hydrogen) atoms. The molecular weight excluding hydrogens is 388 g/mol. The van der Waals surface area contributed by atoms with Crippen LogP contribution in [-0.4, -0.2) is 31.6 Å². The number of thioether (sulfide) groups is 1. The van der Waals surface area contributed by atoms with Crippen molar-refractivity contribution in [1.82, 2.24) is 10.6 Å². The van der Waals surface area contributed by atoms with Crippen LogP contribution in [0.3, 0.4) is 0 Å². The first-order valence-corrected chi connectivity index (χ1v) is 7.70. The molecule has 0 amide bonds. The molecule has 1 aromatic rings. The number of halogens is 2. The highest BCUT2D eigenvalue weighted by Gasteiger charge is 2.09. The molecule has 0 aromatic heterocycles. The molecule has 0 radical (unpaired) electrons. The van der Waals surface area contributed by atoms with E-state index in [4.69, 9.17) is 0 Å². The van der Waals surface area contributed by atoms with Crippen LogP contribution in [-0.2, 0) is 0 Å². The fourth-order valence-corrected chi connectivity index (χ4v) is 1.94. The molecule has 1 aromatic carbocycles. The number of nitrogens with zero attached hydrogens (tertiary/aromatic N) is 1. The lowest BCUT2D eigenvalue weighted by molar-refractivity contribution is 0.608. The first kappa shape index (κ1) is 19.5. The lowest BCUT2D eigenvalue weighted by Gasteiger charge is -2.18. The second kappa shape index (κ2) is 10.3. The smallest absolute Gasteiger partial charge is 0.191 e. The second-order valence-corrected chi connectivity index (χ2v) is 5.35. The van der Waals surface area contributed by atoms with Crippen LogP contribution in [0.1, 0.15) is 24.1 Å². The number of benzene rings is 1. The Morgan fingerprint density at radius 3 is 2.70 bits per heavy atom. The third-order valence-corrected chi connectivity index (χ3v) is 3.48. The average Bonchev–Trinajstić information content (AvgIpc) is 2.40. The van der Waals surface area contributed by atoms with Crippen molar-refractivity contribution in [2.24, 2.45) is 4.99 Å². The summed E-state index contributed by atoms with van der Waals surface area (Å²) in [5.74, 6) is 1.59. The van der Waals surface area contributed by atoms with E-state index in [0.29, 0.717) is 5.56 Å². The van der Waals surface area contributed by atoms with Gasteiger partial charge in [0.2, 0.25) is 0 Å². The van der Waals surface area contributed by atoms with E-state index in [-0.39, 0.29) is 35.8 Å². The highest BCUT2D eigenvalue weighted by atomic mass is 127. The van der Waals surface area contributed by atoms with Gasteiger partial charge in [0.1, 0.15) is 5.82 Å². The predicted octanol–water partition coefficient (Wildman–Crippen LogP) is 3.34. The van der Waals surface area contributed by atoms with Gasteiger partial charge in [-0.25, -0.2) is 4.39 Å². The fourth-order valence-electron chi connectivity index (χ4n) is 1.63. The Balaban J connectivity index is 0.00000361. The van der Waals surface area contributed by atoms with Gasteiger partial charge in [-0.15, -0.1) is 24.0 Å². The van der Waals surface area contributed by atoms with E-state index < -0.39 is 0 Å². The third-order valence-electron chi connectivity index (χ3n) is 2.87. The van der Waals surface area contributed by atoms with Gasteiger partial charge in [-0.1, -0.05) is 12.1 Å². The lowest BCUT2D eigenvalue weighted by Crippen LogP contribution is -2.39. The Morgan fingerprint density at radius 1 is 1.45 bits per heavy atom. The number of aryl methyl sites for hydroxylation is 1. The van der Waals surface area contributed by atoms with Gasteiger partial charge in [0.15, 0.2) is 5.96 Å². The fraction of sp³-hybridized carbons (Fsp3) is 0.500. The molecule has 0 aliphatic heterocycles. The molecular formula is C14H23FIN3S. The SMILES string of the molecule is CN=C(NCCSC)NC(C)c1ccc(C)c(F)c1.I. The Hall–Kier alpha value is -0.500. The normalized spacial score (nSPS) is 12.6. The molecule has 1 rings (SSSR count). The van der Waals surface area contributed by atoms with Crippen molar-refractivity contribution in [2.45, 2.75) is 19.9 Å². The number of rotatable bonds is 5. The molecule has 0 aliphatic rings. The zero-order chi connectivity index (χ0) is 14.3. The summed E-state index contributed by atoms with van der Waals surface area (Å²) in [6.07, 6.45) is 2.07. The predicted molar refractivity (Wildman–Crippen MR) is 97.8 cm³/mol. The zero-order valence-corrected chi connectivity index (χ0v) is 15.5. The third kappa shape index (κ3) is 6.30. The van der Waals surface area contributed by atoms with Crippen LogP contribution in [0.5, 0.6) is 0 Å². The summed E-state index contributed by atoms with van der Waals surface area (Å²) in [6.45, 7) is 4.61. The largest absolute Gasteiger partial charge is 0.356 e. The van der Waals surface area contributed by atoms with E-state index in [1.807, 2.05) is 13.0 Å². The minimum absolute atomic E-state index is 0. The molecule has 3 nitrogen and oxygen atoms in total. The first-order valence-electron chi connectivity index (χ1n) is 6.30. The topological polar surface area (TPSA) is 36.4 Å². The zero-order valence-electron chi connectivity index (χ0n) is 12.4. The molecule has 0 saturated heterocycles. The minimum atomic E-state index is -0.170. The van der Waals surface area contributed by atoms with E-state index in [1.54, 1.807) is 37.9 Å². The van der Waals surface area contributed by atoms with Crippen molar-refractivity contribution in [3.8, 4) is 0 Å². The number of guanidine groups is 1. The van der Waals surface area contributed by atoms with E-state index in [2.05, 4.69) is 21.9 Å². The van der Waals surface area contributed by atoms with Crippen molar-refractivity contribution < 1.29 is 4.39 Å². The quantitative estimate of drug-likeness (QED) is 0.338. The standard InChI is InChI=1S/C14H22FN3S.HI/c1-10-5-6-12(9-13(10)15)11(2)18-14(16-3)17-7-8-19-4;/h5-6,9,11H,7-8H2,1-4H3,(H2,16,17,18);1H. The summed E-state index contributed by atoms with van der Waals surface area (Å²) in [5, 5.41) is 6.47. The summed E-state index contributed by atoms with van der Waals surface area (Å²) >= 11 is 1.78.